The first-order valence-corrected chi connectivity index (χ1v) is 11.2. The fourth-order valence-electron chi connectivity index (χ4n) is 3.66. The molecule has 1 atom stereocenters. The van der Waals surface area contributed by atoms with Crippen LogP contribution in [0.25, 0.3) is 0 Å². The highest BCUT2D eigenvalue weighted by molar-refractivity contribution is 5.80. The molecule has 8 heteroatoms. The Bertz CT molecular complexity index is 635. The van der Waals surface area contributed by atoms with Gasteiger partial charge in [0.2, 0.25) is 5.91 Å². The van der Waals surface area contributed by atoms with Crippen LogP contribution in [0, 0.1) is 5.92 Å². The molecule has 1 unspecified atom stereocenters. The van der Waals surface area contributed by atoms with Gasteiger partial charge in [-0.2, -0.15) is 0 Å². The van der Waals surface area contributed by atoms with Gasteiger partial charge in [0, 0.05) is 59.2 Å². The highest BCUT2D eigenvalue weighted by Crippen LogP contribution is 2.13. The molecule has 29 heavy (non-hydrogen) atoms. The van der Waals surface area contributed by atoms with Crippen LogP contribution in [0.5, 0.6) is 0 Å². The molecule has 2 rings (SSSR count). The number of aryl methyl sites for hydroxylation is 1. The van der Waals surface area contributed by atoms with Crippen LogP contribution in [-0.4, -0.2) is 75.7 Å². The molecule has 1 aromatic rings. The van der Waals surface area contributed by atoms with Crippen molar-refractivity contribution in [2.75, 3.05) is 39.3 Å². The van der Waals surface area contributed by atoms with Crippen molar-refractivity contribution in [2.45, 2.75) is 66.3 Å². The van der Waals surface area contributed by atoms with Gasteiger partial charge in [0.05, 0.1) is 0 Å². The summed E-state index contributed by atoms with van der Waals surface area (Å²) in [4.78, 5) is 20.8. The number of carbonyl (C=O) groups excluding carboxylic acids is 1. The molecule has 1 amide bonds. The number of nitrogens with one attached hydrogen (secondary N) is 1. The number of hydrogen-bond acceptors (Lipinski definition) is 4. The first kappa shape index (κ1) is 23.2. The van der Waals surface area contributed by atoms with Crippen molar-refractivity contribution in [3.63, 3.8) is 0 Å². The zero-order chi connectivity index (χ0) is 21.1. The number of nitrogens with zero attached hydrogens (tertiary/aromatic N) is 6. The predicted molar refractivity (Wildman–Crippen MR) is 117 cm³/mol. The van der Waals surface area contributed by atoms with Crippen molar-refractivity contribution in [3.05, 3.63) is 12.2 Å². The minimum atomic E-state index is 0.154. The smallest absolute Gasteiger partial charge is 0.219 e. The average molecular weight is 406 g/mol. The topological polar surface area (TPSA) is 78.7 Å². The zero-order valence-corrected chi connectivity index (χ0v) is 18.7. The van der Waals surface area contributed by atoms with Gasteiger partial charge in [0.1, 0.15) is 12.2 Å². The number of piperazine rings is 1. The summed E-state index contributed by atoms with van der Waals surface area (Å²) in [5.74, 6) is 2.76. The van der Waals surface area contributed by atoms with E-state index in [0.717, 1.165) is 70.4 Å². The zero-order valence-electron chi connectivity index (χ0n) is 18.7. The molecular weight excluding hydrogens is 366 g/mol. The summed E-state index contributed by atoms with van der Waals surface area (Å²) in [5.41, 5.74) is 0. The molecule has 1 aliphatic heterocycles. The summed E-state index contributed by atoms with van der Waals surface area (Å²) in [6.45, 7) is 13.9. The van der Waals surface area contributed by atoms with Gasteiger partial charge in [-0.15, -0.1) is 10.2 Å². The van der Waals surface area contributed by atoms with E-state index in [1.165, 1.54) is 19.3 Å². The number of amides is 1. The van der Waals surface area contributed by atoms with E-state index in [-0.39, 0.29) is 5.91 Å². The molecule has 8 nitrogen and oxygen atoms in total. The second-order valence-corrected chi connectivity index (χ2v) is 7.79. The fraction of sp³-hybridized carbons (Fsp3) is 0.810. The summed E-state index contributed by atoms with van der Waals surface area (Å²) in [6.07, 6.45) is 7.57. The highest BCUT2D eigenvalue weighted by Gasteiger charge is 2.21. The average Bonchev–Trinajstić information content (AvgIpc) is 3.20. The molecule has 1 N–H and O–H groups in total. The number of aliphatic imine (C=N–C) groups is 1. The van der Waals surface area contributed by atoms with Crippen LogP contribution in [0.3, 0.4) is 0 Å². The Morgan fingerprint density at radius 3 is 2.55 bits per heavy atom. The van der Waals surface area contributed by atoms with Gasteiger partial charge < -0.3 is 19.7 Å². The molecule has 0 spiro atoms. The van der Waals surface area contributed by atoms with Gasteiger partial charge in [-0.3, -0.25) is 9.79 Å². The minimum Gasteiger partial charge on any atom is -0.354 e. The van der Waals surface area contributed by atoms with Crippen molar-refractivity contribution in [2.24, 2.45) is 10.9 Å². The van der Waals surface area contributed by atoms with E-state index in [1.807, 2.05) is 4.90 Å². The summed E-state index contributed by atoms with van der Waals surface area (Å²) < 4.78 is 2.09. The van der Waals surface area contributed by atoms with E-state index >= 15 is 0 Å². The maximum atomic E-state index is 11.6. The third kappa shape index (κ3) is 7.33. The van der Waals surface area contributed by atoms with Gasteiger partial charge >= 0.3 is 0 Å². The van der Waals surface area contributed by atoms with Crippen molar-refractivity contribution >= 4 is 11.9 Å². The predicted octanol–water partition coefficient (Wildman–Crippen LogP) is 2.17. The summed E-state index contributed by atoms with van der Waals surface area (Å²) in [5, 5.41) is 11.7. The van der Waals surface area contributed by atoms with Gasteiger partial charge in [-0.25, -0.2) is 0 Å². The van der Waals surface area contributed by atoms with E-state index in [4.69, 9.17) is 4.99 Å². The molecule has 1 aromatic heterocycles. The normalized spacial score (nSPS) is 16.2. The van der Waals surface area contributed by atoms with Crippen molar-refractivity contribution in [1.29, 1.82) is 0 Å². The molecule has 0 aliphatic carbocycles. The summed E-state index contributed by atoms with van der Waals surface area (Å²) in [6, 6.07) is 0. The van der Waals surface area contributed by atoms with E-state index in [1.54, 1.807) is 13.3 Å². The lowest BCUT2D eigenvalue weighted by atomic mass is 10.00. The van der Waals surface area contributed by atoms with Crippen LogP contribution >= 0.6 is 0 Å². The second-order valence-electron chi connectivity index (χ2n) is 7.79. The molecule has 0 radical (unpaired) electrons. The summed E-state index contributed by atoms with van der Waals surface area (Å²) >= 11 is 0. The maximum absolute atomic E-state index is 11.6. The van der Waals surface area contributed by atoms with Crippen LogP contribution in [0.4, 0.5) is 0 Å². The van der Waals surface area contributed by atoms with Crippen LogP contribution in [0.1, 0.15) is 59.2 Å². The van der Waals surface area contributed by atoms with E-state index in [2.05, 4.69) is 45.8 Å². The molecule has 2 heterocycles. The van der Waals surface area contributed by atoms with Crippen molar-refractivity contribution in [1.82, 2.24) is 29.9 Å². The molecule has 0 saturated carbocycles. The first-order chi connectivity index (χ1) is 14.1. The quantitative estimate of drug-likeness (QED) is 0.477. The van der Waals surface area contributed by atoms with Gasteiger partial charge in [0.25, 0.3) is 0 Å². The minimum absolute atomic E-state index is 0.154. The molecule has 1 saturated heterocycles. The Kier molecular flexibility index (Phi) is 9.94. The van der Waals surface area contributed by atoms with Gasteiger partial charge in [-0.05, 0) is 12.3 Å². The molecule has 164 valence electrons. The number of rotatable bonds is 10. The Morgan fingerprint density at radius 2 is 1.93 bits per heavy atom. The Balaban J connectivity index is 1.98. The van der Waals surface area contributed by atoms with Gasteiger partial charge in [-0.1, -0.05) is 40.0 Å². The third-order valence-electron chi connectivity index (χ3n) is 5.71. The molecular formula is C21H39N7O. The Hall–Kier alpha value is -2.12. The van der Waals surface area contributed by atoms with E-state index in [0.29, 0.717) is 5.92 Å². The fourth-order valence-corrected chi connectivity index (χ4v) is 3.66. The lowest BCUT2D eigenvalue weighted by molar-refractivity contribution is -0.130. The lowest BCUT2D eigenvalue weighted by Crippen LogP contribution is -2.53. The third-order valence-corrected chi connectivity index (χ3v) is 5.71. The Labute approximate surface area is 175 Å². The second kappa shape index (κ2) is 12.4. The number of unbranched alkanes of at least 4 members (excludes halogenated alkanes) is 1. The van der Waals surface area contributed by atoms with E-state index < -0.39 is 0 Å². The first-order valence-electron chi connectivity index (χ1n) is 11.2. The number of guanidine groups is 1. The number of hydrogen-bond donors (Lipinski definition) is 1. The van der Waals surface area contributed by atoms with Crippen molar-refractivity contribution < 1.29 is 4.79 Å². The molecule has 0 bridgehead atoms. The maximum Gasteiger partial charge on any atom is 0.219 e. The molecule has 1 fully saturated rings. The highest BCUT2D eigenvalue weighted by atomic mass is 16.2. The van der Waals surface area contributed by atoms with E-state index in [9.17, 15) is 4.79 Å². The standard InChI is InChI=1S/C21H39N7O/c1-5-8-9-19(6-2)16-23-21(27-14-12-26(13-15-27)18(4)29)22-10-11-28-17-24-25-20(28)7-3/h17,19H,5-16H2,1-4H3,(H,22,23). The van der Waals surface area contributed by atoms with Gasteiger partial charge in [0.15, 0.2) is 5.96 Å². The Morgan fingerprint density at radius 1 is 1.21 bits per heavy atom. The van der Waals surface area contributed by atoms with Crippen LogP contribution in [0.15, 0.2) is 11.3 Å². The molecule has 1 aliphatic rings. The number of aromatic nitrogens is 3. The van der Waals surface area contributed by atoms with Crippen molar-refractivity contribution in [3.8, 4) is 0 Å². The number of carbonyl (C=O) groups is 1. The largest absolute Gasteiger partial charge is 0.354 e. The SMILES string of the molecule is CCCCC(CC)CN=C(NCCn1cnnc1CC)N1CCN(C(C)=O)CC1. The lowest BCUT2D eigenvalue weighted by Gasteiger charge is -2.36. The monoisotopic (exact) mass is 405 g/mol. The van der Waals surface area contributed by atoms with Crippen LogP contribution in [-0.2, 0) is 17.8 Å². The summed E-state index contributed by atoms with van der Waals surface area (Å²) in [7, 11) is 0. The van der Waals surface area contributed by atoms with Crippen LogP contribution in [0.2, 0.25) is 0 Å². The van der Waals surface area contributed by atoms with Crippen LogP contribution < -0.4 is 5.32 Å². The molecule has 0 aromatic carbocycles.